The van der Waals surface area contributed by atoms with Crippen LogP contribution in [0.2, 0.25) is 0 Å². The highest BCUT2D eigenvalue weighted by Crippen LogP contribution is 2.31. The van der Waals surface area contributed by atoms with Gasteiger partial charge in [-0.05, 0) is 53.3 Å². The molecule has 2 aromatic heterocycles. The summed E-state index contributed by atoms with van der Waals surface area (Å²) in [6, 6.07) is 8.38. The number of fused-ring (bicyclic) bond motifs is 1. The first kappa shape index (κ1) is 21.6. The lowest BCUT2D eigenvalue weighted by atomic mass is 10.00. The number of benzene rings is 1. The summed E-state index contributed by atoms with van der Waals surface area (Å²) in [4.78, 5) is 17.0. The van der Waals surface area contributed by atoms with Crippen LogP contribution >= 0.6 is 0 Å². The average molecular weight is 426 g/mol. The summed E-state index contributed by atoms with van der Waals surface area (Å²) >= 11 is 0. The third-order valence-electron chi connectivity index (χ3n) is 6.50. The third-order valence-corrected chi connectivity index (χ3v) is 6.50. The molecule has 0 amide bonds. The van der Waals surface area contributed by atoms with E-state index in [-0.39, 0.29) is 24.1 Å². The fraction of sp³-hybridized carbons (Fsp3) is 0.565. The summed E-state index contributed by atoms with van der Waals surface area (Å²) in [7, 11) is 0. The van der Waals surface area contributed by atoms with E-state index in [1.807, 2.05) is 29.8 Å². The number of aliphatic hydroxyl groups is 1. The number of nitrogens with zero attached hydrogens (tertiary/aromatic N) is 4. The van der Waals surface area contributed by atoms with Crippen LogP contribution in [0.25, 0.3) is 10.9 Å². The topological polar surface area (TPSA) is 101 Å². The summed E-state index contributed by atoms with van der Waals surface area (Å²) < 4.78 is 2.00. The average Bonchev–Trinajstić information content (AvgIpc) is 3.40. The number of H-pyrrole nitrogens is 1. The van der Waals surface area contributed by atoms with Gasteiger partial charge >= 0.3 is 0 Å². The first-order valence-electron chi connectivity index (χ1n) is 11.3. The minimum atomic E-state index is -0.0774. The number of hydrogen-bond donors (Lipinski definition) is 3. The molecule has 1 aromatic carbocycles. The molecule has 31 heavy (non-hydrogen) atoms. The van der Waals surface area contributed by atoms with E-state index >= 15 is 0 Å². The first-order valence-corrected chi connectivity index (χ1v) is 11.3. The quantitative estimate of drug-likeness (QED) is 0.510. The van der Waals surface area contributed by atoms with Gasteiger partial charge in [-0.15, -0.1) is 5.10 Å². The number of nitrogens with one attached hydrogen (secondary N) is 2. The van der Waals surface area contributed by atoms with Gasteiger partial charge in [0.2, 0.25) is 5.82 Å². The van der Waals surface area contributed by atoms with Crippen molar-refractivity contribution in [3.63, 3.8) is 0 Å². The number of pyridine rings is 1. The number of aromatic nitrogens is 5. The second-order valence-corrected chi connectivity index (χ2v) is 9.16. The number of quaternary nitrogens is 1. The maximum absolute atomic E-state index is 12.9. The summed E-state index contributed by atoms with van der Waals surface area (Å²) in [6.07, 6.45) is 4.61. The van der Waals surface area contributed by atoms with Crippen LogP contribution in [0.1, 0.15) is 68.6 Å². The van der Waals surface area contributed by atoms with Crippen LogP contribution in [-0.2, 0) is 6.54 Å². The van der Waals surface area contributed by atoms with E-state index in [1.54, 1.807) is 0 Å². The van der Waals surface area contributed by atoms with E-state index in [4.69, 9.17) is 0 Å². The van der Waals surface area contributed by atoms with Crippen LogP contribution in [-0.4, -0.2) is 43.4 Å². The molecule has 1 aliphatic rings. The van der Waals surface area contributed by atoms with Gasteiger partial charge < -0.3 is 15.0 Å². The van der Waals surface area contributed by atoms with E-state index in [0.29, 0.717) is 24.7 Å². The van der Waals surface area contributed by atoms with E-state index in [1.165, 1.54) is 12.8 Å². The van der Waals surface area contributed by atoms with Gasteiger partial charge in [-0.25, -0.2) is 4.68 Å². The van der Waals surface area contributed by atoms with Crippen molar-refractivity contribution < 1.29 is 10.0 Å². The smallest absolute Gasteiger partial charge is 0.257 e. The number of hydrogen-bond acceptors (Lipinski definition) is 5. The van der Waals surface area contributed by atoms with Crippen molar-refractivity contribution in [3.8, 4) is 0 Å². The molecule has 2 heterocycles. The van der Waals surface area contributed by atoms with Crippen molar-refractivity contribution in [1.29, 1.82) is 0 Å². The monoisotopic (exact) mass is 425 g/mol. The molecule has 2 atom stereocenters. The molecule has 4 rings (SSSR count). The zero-order valence-corrected chi connectivity index (χ0v) is 18.6. The zero-order valence-electron chi connectivity index (χ0n) is 18.6. The van der Waals surface area contributed by atoms with Crippen LogP contribution in [0.4, 0.5) is 0 Å². The van der Waals surface area contributed by atoms with Crippen LogP contribution in [0.5, 0.6) is 0 Å². The molecule has 8 nitrogen and oxygen atoms in total. The summed E-state index contributed by atoms with van der Waals surface area (Å²) in [6.45, 7) is 7.38. The number of aryl methyl sites for hydroxylation is 1. The van der Waals surface area contributed by atoms with Gasteiger partial charge in [0.1, 0.15) is 13.1 Å². The van der Waals surface area contributed by atoms with Gasteiger partial charge in [0.05, 0.1) is 18.2 Å². The highest BCUT2D eigenvalue weighted by molar-refractivity contribution is 5.79. The van der Waals surface area contributed by atoms with Crippen molar-refractivity contribution in [2.75, 3.05) is 13.2 Å². The highest BCUT2D eigenvalue weighted by atomic mass is 16.3. The molecular formula is C23H33N6O2+. The number of aliphatic hydroxyl groups excluding tert-OH is 1. The number of aromatic amines is 1. The number of tetrazole rings is 1. The van der Waals surface area contributed by atoms with Crippen LogP contribution < -0.4 is 10.5 Å². The molecular weight excluding hydrogens is 392 g/mol. The molecule has 0 bridgehead atoms. The van der Waals surface area contributed by atoms with Gasteiger partial charge in [-0.2, -0.15) is 0 Å². The molecule has 3 N–H and O–H groups in total. The Hall–Kier alpha value is -2.58. The Morgan fingerprint density at radius 2 is 2.03 bits per heavy atom. The number of rotatable bonds is 8. The van der Waals surface area contributed by atoms with Gasteiger partial charge in [0.25, 0.3) is 5.56 Å². The van der Waals surface area contributed by atoms with Crippen molar-refractivity contribution in [3.05, 3.63) is 51.6 Å². The SMILES string of the molecule is Cc1ccc2cc(C[NH+](CCO)[C@@H](c3nnnn3C3CCCC3)C(C)C)c(=O)[nH]c2c1. The molecule has 0 radical (unpaired) electrons. The standard InChI is InChI=1S/C23H32N6O2/c1-15(2)21(22-25-26-27-29(22)19-6-4-5-7-19)28(10-11-30)14-18-13-17-9-8-16(3)12-20(17)24-23(18)31/h8-9,12-13,15,19,21,30H,4-7,10-11,14H2,1-3H3,(H,24,31)/p+1/t21-/m1/s1. The molecule has 1 fully saturated rings. The summed E-state index contributed by atoms with van der Waals surface area (Å²) in [5, 5.41) is 23.6. The second-order valence-electron chi connectivity index (χ2n) is 9.16. The molecule has 166 valence electrons. The predicted molar refractivity (Wildman–Crippen MR) is 119 cm³/mol. The summed E-state index contributed by atoms with van der Waals surface area (Å²) in [5.74, 6) is 1.10. The first-order chi connectivity index (χ1) is 15.0. The lowest BCUT2D eigenvalue weighted by Crippen LogP contribution is -3.12. The minimum Gasteiger partial charge on any atom is -0.391 e. The van der Waals surface area contributed by atoms with E-state index < -0.39 is 0 Å². The molecule has 0 spiro atoms. The van der Waals surface area contributed by atoms with Gasteiger partial charge in [0.15, 0.2) is 6.04 Å². The Labute approximate surface area is 182 Å². The maximum Gasteiger partial charge on any atom is 0.257 e. The van der Waals surface area contributed by atoms with Crippen molar-refractivity contribution in [1.82, 2.24) is 25.2 Å². The van der Waals surface area contributed by atoms with Gasteiger partial charge in [-0.1, -0.05) is 38.8 Å². The second kappa shape index (κ2) is 9.28. The zero-order chi connectivity index (χ0) is 22.0. The molecule has 0 saturated heterocycles. The normalized spacial score (nSPS) is 16.9. The fourth-order valence-electron chi connectivity index (χ4n) is 5.00. The Morgan fingerprint density at radius 1 is 1.26 bits per heavy atom. The van der Waals surface area contributed by atoms with E-state index in [0.717, 1.165) is 40.0 Å². The Bertz CT molecular complexity index is 1080. The molecule has 1 saturated carbocycles. The lowest BCUT2D eigenvalue weighted by molar-refractivity contribution is -0.950. The van der Waals surface area contributed by atoms with Crippen LogP contribution in [0, 0.1) is 12.8 Å². The predicted octanol–water partition coefficient (Wildman–Crippen LogP) is 1.71. The fourth-order valence-corrected chi connectivity index (χ4v) is 5.00. The Morgan fingerprint density at radius 3 is 2.74 bits per heavy atom. The molecule has 0 aliphatic heterocycles. The van der Waals surface area contributed by atoms with Crippen molar-refractivity contribution in [2.24, 2.45) is 5.92 Å². The van der Waals surface area contributed by atoms with Crippen LogP contribution in [0.3, 0.4) is 0 Å². The molecule has 3 aromatic rings. The van der Waals surface area contributed by atoms with Crippen molar-refractivity contribution >= 4 is 10.9 Å². The summed E-state index contributed by atoms with van der Waals surface area (Å²) in [5.41, 5.74) is 2.60. The highest BCUT2D eigenvalue weighted by Gasteiger charge is 2.35. The lowest BCUT2D eigenvalue weighted by Gasteiger charge is -2.30. The van der Waals surface area contributed by atoms with Gasteiger partial charge in [0, 0.05) is 11.4 Å². The molecule has 8 heteroatoms. The third kappa shape index (κ3) is 4.55. The van der Waals surface area contributed by atoms with Crippen molar-refractivity contribution in [2.45, 2.75) is 65.1 Å². The largest absolute Gasteiger partial charge is 0.391 e. The molecule has 1 unspecified atom stereocenters. The Kier molecular flexibility index (Phi) is 6.48. The van der Waals surface area contributed by atoms with E-state index in [9.17, 15) is 9.90 Å². The molecule has 1 aliphatic carbocycles. The maximum atomic E-state index is 12.9. The minimum absolute atomic E-state index is 0.0177. The van der Waals surface area contributed by atoms with Gasteiger partial charge in [-0.3, -0.25) is 4.79 Å². The van der Waals surface area contributed by atoms with E-state index in [2.05, 4.69) is 40.4 Å². The Balaban J connectivity index is 1.69. The van der Waals surface area contributed by atoms with Crippen LogP contribution in [0.15, 0.2) is 29.1 Å².